The van der Waals surface area contributed by atoms with Crippen LogP contribution in [0.1, 0.15) is 24.9 Å². The van der Waals surface area contributed by atoms with Gasteiger partial charge in [-0.1, -0.05) is 0 Å². The Balaban J connectivity index is 3.17. The Bertz CT molecular complexity index is 456. The zero-order chi connectivity index (χ0) is 14.4. The molecule has 0 bridgehead atoms. The predicted molar refractivity (Wildman–Crippen MR) is 68.4 cm³/mol. The van der Waals surface area contributed by atoms with E-state index in [4.69, 9.17) is 14.6 Å². The first kappa shape index (κ1) is 14.8. The van der Waals surface area contributed by atoms with E-state index in [9.17, 15) is 9.59 Å². The molecule has 1 unspecified atom stereocenters. The number of carbonyl (C=O) groups excluding carboxylic acids is 1. The van der Waals surface area contributed by atoms with Crippen LogP contribution in [0.25, 0.3) is 0 Å². The largest absolute Gasteiger partial charge is 0.497 e. The van der Waals surface area contributed by atoms with E-state index in [1.807, 2.05) is 0 Å². The summed E-state index contributed by atoms with van der Waals surface area (Å²) < 4.78 is 10.3. The highest BCUT2D eigenvalue weighted by atomic mass is 16.5. The summed E-state index contributed by atoms with van der Waals surface area (Å²) in [5.74, 6) is -0.253. The average Bonchev–Trinajstić information content (AvgIpc) is 2.36. The van der Waals surface area contributed by atoms with Gasteiger partial charge in [0.25, 0.3) is 0 Å². The van der Waals surface area contributed by atoms with Gasteiger partial charge in [-0.2, -0.15) is 0 Å². The lowest BCUT2D eigenvalue weighted by Gasteiger charge is -2.19. The maximum Gasteiger partial charge on any atom is 0.305 e. The van der Waals surface area contributed by atoms with Gasteiger partial charge in [0.1, 0.15) is 11.5 Å². The average molecular weight is 267 g/mol. The Morgan fingerprint density at radius 1 is 1.32 bits per heavy atom. The van der Waals surface area contributed by atoms with Crippen molar-refractivity contribution < 1.29 is 24.2 Å². The number of aliphatic carboxylic acids is 1. The number of hydrogen-bond acceptors (Lipinski definition) is 4. The summed E-state index contributed by atoms with van der Waals surface area (Å²) in [6, 6.07) is 4.36. The number of amides is 1. The third kappa shape index (κ3) is 4.17. The van der Waals surface area contributed by atoms with Crippen LogP contribution in [-0.2, 0) is 9.59 Å². The number of rotatable bonds is 6. The first-order valence-electron chi connectivity index (χ1n) is 5.68. The highest BCUT2D eigenvalue weighted by molar-refractivity contribution is 5.75. The van der Waals surface area contributed by atoms with E-state index in [0.29, 0.717) is 17.1 Å². The molecule has 19 heavy (non-hydrogen) atoms. The van der Waals surface area contributed by atoms with Gasteiger partial charge < -0.3 is 19.9 Å². The van der Waals surface area contributed by atoms with Gasteiger partial charge in [0, 0.05) is 12.5 Å². The van der Waals surface area contributed by atoms with Crippen molar-refractivity contribution in [2.75, 3.05) is 14.2 Å². The molecule has 0 aromatic heterocycles. The molecule has 0 saturated heterocycles. The fourth-order valence-corrected chi connectivity index (χ4v) is 1.77. The number of methoxy groups -OCH3 is 2. The normalized spacial score (nSPS) is 11.5. The Labute approximate surface area is 111 Å². The Hall–Kier alpha value is -2.24. The predicted octanol–water partition coefficient (Wildman–Crippen LogP) is 1.36. The zero-order valence-corrected chi connectivity index (χ0v) is 11.1. The van der Waals surface area contributed by atoms with Crippen LogP contribution < -0.4 is 14.8 Å². The topological polar surface area (TPSA) is 84.9 Å². The van der Waals surface area contributed by atoms with Gasteiger partial charge in [0.05, 0.1) is 26.7 Å². The SMILES string of the molecule is COc1ccc(OC)c(C(CC(=O)O)NC(C)=O)c1. The van der Waals surface area contributed by atoms with Crippen LogP contribution in [0.3, 0.4) is 0 Å². The summed E-state index contributed by atoms with van der Waals surface area (Å²) in [7, 11) is 2.99. The third-order valence-corrected chi connectivity index (χ3v) is 2.57. The molecule has 1 rings (SSSR count). The van der Waals surface area contributed by atoms with Crippen molar-refractivity contribution in [1.82, 2.24) is 5.32 Å². The molecule has 1 aromatic carbocycles. The maximum absolute atomic E-state index is 11.2. The molecule has 0 fully saturated rings. The molecule has 6 nitrogen and oxygen atoms in total. The van der Waals surface area contributed by atoms with Gasteiger partial charge in [-0.25, -0.2) is 0 Å². The molecule has 1 aromatic rings. The highest BCUT2D eigenvalue weighted by Crippen LogP contribution is 2.31. The Morgan fingerprint density at radius 3 is 2.47 bits per heavy atom. The van der Waals surface area contributed by atoms with Crippen molar-refractivity contribution in [2.24, 2.45) is 0 Å². The number of benzene rings is 1. The van der Waals surface area contributed by atoms with Crippen LogP contribution in [0.5, 0.6) is 11.5 Å². The minimum absolute atomic E-state index is 0.233. The number of carboxylic acids is 1. The Kier molecular flexibility index (Phi) is 5.17. The monoisotopic (exact) mass is 267 g/mol. The fourth-order valence-electron chi connectivity index (χ4n) is 1.77. The summed E-state index contributed by atoms with van der Waals surface area (Å²) in [6.45, 7) is 1.33. The lowest BCUT2D eigenvalue weighted by Crippen LogP contribution is -2.28. The fraction of sp³-hybridized carbons (Fsp3) is 0.385. The smallest absolute Gasteiger partial charge is 0.305 e. The van der Waals surface area contributed by atoms with E-state index in [0.717, 1.165) is 0 Å². The quantitative estimate of drug-likeness (QED) is 0.812. The summed E-state index contributed by atoms with van der Waals surface area (Å²) in [6.07, 6.45) is -0.233. The number of ether oxygens (including phenoxy) is 2. The molecular weight excluding hydrogens is 250 g/mol. The Morgan fingerprint density at radius 2 is 2.00 bits per heavy atom. The van der Waals surface area contributed by atoms with Crippen molar-refractivity contribution >= 4 is 11.9 Å². The lowest BCUT2D eigenvalue weighted by atomic mass is 10.0. The van der Waals surface area contributed by atoms with Gasteiger partial charge in [-0.15, -0.1) is 0 Å². The van der Waals surface area contributed by atoms with Crippen molar-refractivity contribution in [3.05, 3.63) is 23.8 Å². The molecule has 1 atom stereocenters. The number of carboxylic acid groups (broad SMARTS) is 1. The first-order valence-corrected chi connectivity index (χ1v) is 5.68. The second-order valence-corrected chi connectivity index (χ2v) is 3.96. The van der Waals surface area contributed by atoms with Crippen LogP contribution in [-0.4, -0.2) is 31.2 Å². The standard InChI is InChI=1S/C13H17NO5/c1-8(15)14-11(7-13(16)17)10-6-9(18-2)4-5-12(10)19-3/h4-6,11H,7H2,1-3H3,(H,14,15)(H,16,17). The van der Waals surface area contributed by atoms with Gasteiger partial charge in [0.15, 0.2) is 0 Å². The second-order valence-electron chi connectivity index (χ2n) is 3.96. The van der Waals surface area contributed by atoms with Crippen LogP contribution in [0.4, 0.5) is 0 Å². The molecule has 0 spiro atoms. The molecule has 0 saturated carbocycles. The summed E-state index contributed by atoms with van der Waals surface area (Å²) >= 11 is 0. The molecule has 0 aliphatic rings. The van der Waals surface area contributed by atoms with Gasteiger partial charge in [-0.3, -0.25) is 9.59 Å². The summed E-state index contributed by atoms with van der Waals surface area (Å²) in [4.78, 5) is 22.1. The van der Waals surface area contributed by atoms with E-state index < -0.39 is 12.0 Å². The van der Waals surface area contributed by atoms with Gasteiger partial charge in [0.2, 0.25) is 5.91 Å². The molecular formula is C13H17NO5. The minimum Gasteiger partial charge on any atom is -0.497 e. The molecule has 6 heteroatoms. The summed E-state index contributed by atoms with van der Waals surface area (Å²) in [5.41, 5.74) is 0.569. The van der Waals surface area contributed by atoms with E-state index in [2.05, 4.69) is 5.32 Å². The molecule has 0 radical (unpaired) electrons. The van der Waals surface area contributed by atoms with E-state index >= 15 is 0 Å². The molecule has 0 aliphatic heterocycles. The van der Waals surface area contributed by atoms with E-state index in [1.54, 1.807) is 18.2 Å². The second kappa shape index (κ2) is 6.63. The molecule has 1 amide bonds. The van der Waals surface area contributed by atoms with E-state index in [-0.39, 0.29) is 12.3 Å². The third-order valence-electron chi connectivity index (χ3n) is 2.57. The van der Waals surface area contributed by atoms with Crippen LogP contribution in [0.15, 0.2) is 18.2 Å². The lowest BCUT2D eigenvalue weighted by molar-refractivity contribution is -0.137. The number of hydrogen-bond donors (Lipinski definition) is 2. The van der Waals surface area contributed by atoms with Crippen molar-refractivity contribution in [2.45, 2.75) is 19.4 Å². The number of nitrogens with one attached hydrogen (secondary N) is 1. The molecule has 0 aliphatic carbocycles. The molecule has 0 heterocycles. The van der Waals surface area contributed by atoms with E-state index in [1.165, 1.54) is 21.1 Å². The first-order chi connectivity index (χ1) is 8.97. The van der Waals surface area contributed by atoms with Crippen molar-refractivity contribution in [3.8, 4) is 11.5 Å². The van der Waals surface area contributed by atoms with Crippen LogP contribution >= 0.6 is 0 Å². The summed E-state index contributed by atoms with van der Waals surface area (Å²) in [5, 5.41) is 11.5. The van der Waals surface area contributed by atoms with Crippen molar-refractivity contribution in [1.29, 1.82) is 0 Å². The number of carbonyl (C=O) groups is 2. The van der Waals surface area contributed by atoms with Crippen LogP contribution in [0, 0.1) is 0 Å². The minimum atomic E-state index is -1.01. The van der Waals surface area contributed by atoms with Crippen LogP contribution in [0.2, 0.25) is 0 Å². The van der Waals surface area contributed by atoms with Crippen molar-refractivity contribution in [3.63, 3.8) is 0 Å². The highest BCUT2D eigenvalue weighted by Gasteiger charge is 2.21. The molecule has 2 N–H and O–H groups in total. The zero-order valence-electron chi connectivity index (χ0n) is 11.1. The van der Waals surface area contributed by atoms with Gasteiger partial charge in [-0.05, 0) is 18.2 Å². The molecule has 104 valence electrons. The maximum atomic E-state index is 11.2. The van der Waals surface area contributed by atoms with Gasteiger partial charge >= 0.3 is 5.97 Å².